The Morgan fingerprint density at radius 1 is 1.08 bits per heavy atom. The van der Waals surface area contributed by atoms with Gasteiger partial charge in [0.15, 0.2) is 0 Å². The first-order chi connectivity index (χ1) is 12.1. The number of nitrogens with one attached hydrogen (secondary N) is 1. The summed E-state index contributed by atoms with van der Waals surface area (Å²) in [5.41, 5.74) is 0.717. The van der Waals surface area contributed by atoms with E-state index in [0.717, 1.165) is 18.2 Å². The summed E-state index contributed by atoms with van der Waals surface area (Å²) in [5.74, 6) is -1.02. The number of rotatable bonds is 6. The molecule has 2 aromatic rings. The van der Waals surface area contributed by atoms with E-state index < -0.39 is 39.1 Å². The van der Waals surface area contributed by atoms with Gasteiger partial charge in [0.25, 0.3) is 5.91 Å². The van der Waals surface area contributed by atoms with Crippen molar-refractivity contribution in [1.29, 1.82) is 0 Å². The molecule has 0 spiro atoms. The molecule has 2 rings (SSSR count). The van der Waals surface area contributed by atoms with Gasteiger partial charge in [-0.05, 0) is 23.8 Å². The normalized spacial score (nSPS) is 12.2. The fourth-order valence-corrected chi connectivity index (χ4v) is 3.62. The molecule has 0 heterocycles. The Morgan fingerprint density at radius 2 is 1.73 bits per heavy atom. The molecule has 0 radical (unpaired) electrons. The van der Waals surface area contributed by atoms with E-state index in [1.54, 1.807) is 30.3 Å². The van der Waals surface area contributed by atoms with E-state index >= 15 is 0 Å². The number of halogens is 3. The summed E-state index contributed by atoms with van der Waals surface area (Å²) in [6.45, 7) is -1.02. The molecule has 26 heavy (non-hydrogen) atoms. The molecule has 0 saturated carbocycles. The Bertz CT molecular complexity index is 871. The molecule has 0 aliphatic carbocycles. The Labute approximate surface area is 147 Å². The van der Waals surface area contributed by atoms with Crippen LogP contribution in [0.3, 0.4) is 0 Å². The highest BCUT2D eigenvalue weighted by Gasteiger charge is 2.33. The van der Waals surface area contributed by atoms with E-state index in [1.165, 1.54) is 5.48 Å². The van der Waals surface area contributed by atoms with E-state index in [9.17, 15) is 26.4 Å². The van der Waals surface area contributed by atoms with Gasteiger partial charge in [-0.15, -0.1) is 0 Å². The van der Waals surface area contributed by atoms with Crippen molar-refractivity contribution < 1.29 is 31.6 Å². The van der Waals surface area contributed by atoms with Crippen LogP contribution in [0.15, 0.2) is 59.5 Å². The zero-order valence-electron chi connectivity index (χ0n) is 13.3. The maximum Gasteiger partial charge on any atom is 0.416 e. The van der Waals surface area contributed by atoms with Crippen molar-refractivity contribution in [3.63, 3.8) is 0 Å². The minimum Gasteiger partial charge on any atom is -0.289 e. The van der Waals surface area contributed by atoms with Crippen LogP contribution in [0.4, 0.5) is 13.2 Å². The summed E-state index contributed by atoms with van der Waals surface area (Å²) in [7, 11) is -4.43. The summed E-state index contributed by atoms with van der Waals surface area (Å²) in [6, 6.07) is 11.5. The second-order valence-corrected chi connectivity index (χ2v) is 7.26. The van der Waals surface area contributed by atoms with Crippen LogP contribution >= 0.6 is 0 Å². The molecule has 0 unspecified atom stereocenters. The van der Waals surface area contributed by atoms with Crippen molar-refractivity contribution in [3.8, 4) is 0 Å². The number of benzene rings is 2. The lowest BCUT2D eigenvalue weighted by Gasteiger charge is -2.22. The maximum atomic E-state index is 12.9. The second-order valence-electron chi connectivity index (χ2n) is 5.32. The highest BCUT2D eigenvalue weighted by molar-refractivity contribution is 7.89. The first kappa shape index (κ1) is 19.9. The summed E-state index contributed by atoms with van der Waals surface area (Å²) >= 11 is 0. The quantitative estimate of drug-likeness (QED) is 0.588. The Balaban J connectivity index is 2.43. The van der Waals surface area contributed by atoms with Gasteiger partial charge in [0.2, 0.25) is 10.0 Å². The van der Waals surface area contributed by atoms with Gasteiger partial charge < -0.3 is 0 Å². The third-order valence-electron chi connectivity index (χ3n) is 3.45. The molecule has 0 saturated heterocycles. The zero-order valence-corrected chi connectivity index (χ0v) is 14.1. The largest absolute Gasteiger partial charge is 0.416 e. The highest BCUT2D eigenvalue weighted by Crippen LogP contribution is 2.31. The fraction of sp³-hybridized carbons (Fsp3) is 0.188. The molecule has 0 atom stereocenters. The minimum atomic E-state index is -4.71. The van der Waals surface area contributed by atoms with Crippen molar-refractivity contribution in [1.82, 2.24) is 9.79 Å². The SMILES string of the molecule is O=C(CN(Cc1ccccc1)S(=O)(=O)c1cccc(C(F)(F)F)c1)NO. The molecule has 2 N–H and O–H groups in total. The number of amides is 1. The molecule has 0 aliphatic rings. The second kappa shape index (κ2) is 7.85. The van der Waals surface area contributed by atoms with Crippen LogP contribution in [0.25, 0.3) is 0 Å². The number of sulfonamides is 1. The van der Waals surface area contributed by atoms with Gasteiger partial charge in [0.1, 0.15) is 0 Å². The Morgan fingerprint density at radius 3 is 2.31 bits per heavy atom. The molecule has 0 fully saturated rings. The van der Waals surface area contributed by atoms with Gasteiger partial charge in [-0.2, -0.15) is 17.5 Å². The molecule has 10 heteroatoms. The number of hydrogen-bond donors (Lipinski definition) is 2. The molecule has 6 nitrogen and oxygen atoms in total. The van der Waals surface area contributed by atoms with Crippen LogP contribution in [-0.2, 0) is 27.5 Å². The highest BCUT2D eigenvalue weighted by atomic mass is 32.2. The third kappa shape index (κ3) is 4.81. The van der Waals surface area contributed by atoms with Gasteiger partial charge in [0, 0.05) is 6.54 Å². The van der Waals surface area contributed by atoms with Gasteiger partial charge in [-0.1, -0.05) is 36.4 Å². The smallest absolute Gasteiger partial charge is 0.289 e. The first-order valence-corrected chi connectivity index (χ1v) is 8.73. The topological polar surface area (TPSA) is 86.7 Å². The molecule has 0 bridgehead atoms. The van der Waals surface area contributed by atoms with E-state index in [2.05, 4.69) is 0 Å². The Kier molecular flexibility index (Phi) is 6.01. The van der Waals surface area contributed by atoms with Crippen LogP contribution in [0, 0.1) is 0 Å². The predicted molar refractivity (Wildman–Crippen MR) is 85.4 cm³/mol. The van der Waals surface area contributed by atoms with Gasteiger partial charge >= 0.3 is 6.18 Å². The standard InChI is InChI=1S/C16H15F3N2O4S/c17-16(18,19)13-7-4-8-14(9-13)26(24,25)21(11-15(22)20-23)10-12-5-2-1-3-6-12/h1-9,23H,10-11H2,(H,20,22). The van der Waals surface area contributed by atoms with Crippen molar-refractivity contribution in [2.75, 3.05) is 6.54 Å². The zero-order chi connectivity index (χ0) is 19.4. The van der Waals surface area contributed by atoms with Crippen LogP contribution in [0.2, 0.25) is 0 Å². The summed E-state index contributed by atoms with van der Waals surface area (Å²) in [4.78, 5) is 10.9. The molecular formula is C16H15F3N2O4S. The average molecular weight is 388 g/mol. The van der Waals surface area contributed by atoms with E-state index in [-0.39, 0.29) is 6.54 Å². The van der Waals surface area contributed by atoms with Crippen molar-refractivity contribution >= 4 is 15.9 Å². The molecule has 2 aromatic carbocycles. The number of hydroxylamine groups is 1. The number of nitrogens with zero attached hydrogens (tertiary/aromatic N) is 1. The van der Waals surface area contributed by atoms with Crippen LogP contribution < -0.4 is 5.48 Å². The van der Waals surface area contributed by atoms with Gasteiger partial charge in [-0.3, -0.25) is 10.0 Å². The average Bonchev–Trinajstić information content (AvgIpc) is 2.61. The lowest BCUT2D eigenvalue weighted by Crippen LogP contribution is -2.39. The number of alkyl halides is 3. The maximum absolute atomic E-state index is 12.9. The molecular weight excluding hydrogens is 373 g/mol. The lowest BCUT2D eigenvalue weighted by atomic mass is 10.2. The summed E-state index contributed by atoms with van der Waals surface area (Å²) in [5, 5.41) is 8.67. The van der Waals surface area contributed by atoms with Gasteiger partial charge in [-0.25, -0.2) is 13.9 Å². The number of hydrogen-bond acceptors (Lipinski definition) is 4. The lowest BCUT2D eigenvalue weighted by molar-refractivity contribution is -0.137. The van der Waals surface area contributed by atoms with Crippen molar-refractivity contribution in [2.45, 2.75) is 17.6 Å². The molecule has 0 aromatic heterocycles. The van der Waals surface area contributed by atoms with Crippen molar-refractivity contribution in [2.24, 2.45) is 0 Å². The van der Waals surface area contributed by atoms with E-state index in [1.807, 2.05) is 0 Å². The summed E-state index contributed by atoms with van der Waals surface area (Å²) < 4.78 is 64.8. The molecule has 0 aliphatic heterocycles. The fourth-order valence-electron chi connectivity index (χ4n) is 2.19. The van der Waals surface area contributed by atoms with E-state index in [0.29, 0.717) is 15.9 Å². The Hall–Kier alpha value is -2.43. The first-order valence-electron chi connectivity index (χ1n) is 7.29. The van der Waals surface area contributed by atoms with E-state index in [4.69, 9.17) is 5.21 Å². The molecule has 140 valence electrons. The third-order valence-corrected chi connectivity index (χ3v) is 5.23. The van der Waals surface area contributed by atoms with Crippen LogP contribution in [0.1, 0.15) is 11.1 Å². The monoisotopic (exact) mass is 388 g/mol. The van der Waals surface area contributed by atoms with Crippen LogP contribution in [0.5, 0.6) is 0 Å². The minimum absolute atomic E-state index is 0.257. The van der Waals surface area contributed by atoms with Crippen LogP contribution in [-0.4, -0.2) is 30.4 Å². The molecule has 1 amide bonds. The summed E-state index contributed by atoms with van der Waals surface area (Å²) in [6.07, 6.45) is -4.71. The number of carbonyl (C=O) groups is 1. The van der Waals surface area contributed by atoms with Gasteiger partial charge in [0.05, 0.1) is 17.0 Å². The predicted octanol–water partition coefficient (Wildman–Crippen LogP) is 2.40. The number of carbonyl (C=O) groups excluding carboxylic acids is 1. The van der Waals surface area contributed by atoms with Crippen molar-refractivity contribution in [3.05, 3.63) is 65.7 Å².